The Morgan fingerprint density at radius 2 is 2.06 bits per heavy atom. The highest BCUT2D eigenvalue weighted by Gasteiger charge is 2.60. The molecule has 1 saturated heterocycles. The van der Waals surface area contributed by atoms with E-state index in [-0.39, 0.29) is 28.4 Å². The Kier molecular flexibility index (Phi) is 5.71. The molecule has 0 radical (unpaired) electrons. The van der Waals surface area contributed by atoms with E-state index in [0.29, 0.717) is 29.2 Å². The van der Waals surface area contributed by atoms with E-state index >= 15 is 0 Å². The van der Waals surface area contributed by atoms with Gasteiger partial charge in [-0.2, -0.15) is 0 Å². The maximum atomic E-state index is 13.5. The fourth-order valence-electron chi connectivity index (χ4n) is 7.66. The van der Waals surface area contributed by atoms with Crippen LogP contribution in [0.4, 0.5) is 0 Å². The second kappa shape index (κ2) is 8.30. The van der Waals surface area contributed by atoms with Gasteiger partial charge in [-0.1, -0.05) is 33.0 Å². The Morgan fingerprint density at radius 3 is 2.85 bits per heavy atom. The number of nitrogens with one attached hydrogen (secondary N) is 2. The minimum absolute atomic E-state index is 0.00255. The van der Waals surface area contributed by atoms with E-state index in [1.54, 1.807) is 6.20 Å². The van der Waals surface area contributed by atoms with Gasteiger partial charge < -0.3 is 10.6 Å². The number of piperidine rings is 1. The molecule has 2 N–H and O–H groups in total. The van der Waals surface area contributed by atoms with Crippen LogP contribution in [0.5, 0.6) is 0 Å². The van der Waals surface area contributed by atoms with Crippen LogP contribution in [-0.4, -0.2) is 28.2 Å². The van der Waals surface area contributed by atoms with Crippen LogP contribution in [0, 0.1) is 34.5 Å². The fourth-order valence-corrected chi connectivity index (χ4v) is 7.89. The quantitative estimate of drug-likeness (QED) is 0.650. The van der Waals surface area contributed by atoms with E-state index in [4.69, 9.17) is 12.2 Å². The van der Waals surface area contributed by atoms with Gasteiger partial charge in [0.2, 0.25) is 5.91 Å². The summed E-state index contributed by atoms with van der Waals surface area (Å²) in [5.74, 6) is 1.99. The number of amides is 1. The Bertz CT molecular complexity index is 1040. The van der Waals surface area contributed by atoms with Crippen LogP contribution in [0.1, 0.15) is 70.6 Å². The van der Waals surface area contributed by atoms with Crippen molar-refractivity contribution >= 4 is 28.9 Å². The molecule has 2 heterocycles. The molecule has 3 fully saturated rings. The van der Waals surface area contributed by atoms with Crippen LogP contribution >= 0.6 is 12.2 Å². The van der Waals surface area contributed by atoms with Crippen molar-refractivity contribution < 1.29 is 9.59 Å². The molecule has 1 aromatic rings. The zero-order valence-corrected chi connectivity index (χ0v) is 20.8. The van der Waals surface area contributed by atoms with Gasteiger partial charge in [0.05, 0.1) is 0 Å². The Morgan fingerprint density at radius 1 is 1.24 bits per heavy atom. The highest BCUT2D eigenvalue weighted by Crippen LogP contribution is 2.64. The van der Waals surface area contributed by atoms with E-state index < -0.39 is 0 Å². The fraction of sp³-hybridized carbons (Fsp3) is 0.630. The second-order valence-electron chi connectivity index (χ2n) is 11.1. The molecule has 5 nitrogen and oxygen atoms in total. The molecule has 0 bridgehead atoms. The molecule has 3 aliphatic carbocycles. The van der Waals surface area contributed by atoms with E-state index in [1.807, 2.05) is 18.2 Å². The minimum atomic E-state index is -0.00781. The Hall–Kier alpha value is -2.08. The number of nitrogens with zero attached hydrogens (tertiary/aromatic N) is 1. The normalized spacial score (nSPS) is 37.2. The predicted octanol–water partition coefficient (Wildman–Crippen LogP) is 4.35. The monoisotopic (exact) mass is 465 g/mol. The third kappa shape index (κ3) is 3.65. The predicted molar refractivity (Wildman–Crippen MR) is 132 cm³/mol. The molecule has 176 valence electrons. The molecular formula is C27H35N3O2S. The van der Waals surface area contributed by atoms with Crippen molar-refractivity contribution in [2.75, 3.05) is 6.54 Å². The van der Waals surface area contributed by atoms with Crippen molar-refractivity contribution in [1.82, 2.24) is 15.6 Å². The molecular weight excluding hydrogens is 430 g/mol. The number of carbonyl (C=O) groups is 2. The zero-order chi connectivity index (χ0) is 23.4. The number of pyridine rings is 1. The van der Waals surface area contributed by atoms with Gasteiger partial charge >= 0.3 is 0 Å². The summed E-state index contributed by atoms with van der Waals surface area (Å²) in [6.45, 7) is 7.68. The molecule has 6 heteroatoms. The average Bonchev–Trinajstić information content (AvgIpc) is 3.17. The lowest BCUT2D eigenvalue weighted by Crippen LogP contribution is -2.57. The summed E-state index contributed by atoms with van der Waals surface area (Å²) in [4.78, 5) is 30.3. The third-order valence-electron chi connectivity index (χ3n) is 9.59. The van der Waals surface area contributed by atoms with Gasteiger partial charge in [-0.25, -0.2) is 0 Å². The van der Waals surface area contributed by atoms with Gasteiger partial charge in [0.15, 0.2) is 5.78 Å². The van der Waals surface area contributed by atoms with Gasteiger partial charge in [-0.05, 0) is 73.8 Å². The summed E-state index contributed by atoms with van der Waals surface area (Å²) in [6.07, 6.45) is 10.3. The Labute approximate surface area is 202 Å². The number of aromatic nitrogens is 1. The molecule has 1 aromatic heterocycles. The molecule has 0 spiro atoms. The zero-order valence-electron chi connectivity index (χ0n) is 19.9. The van der Waals surface area contributed by atoms with Gasteiger partial charge in [0.1, 0.15) is 4.99 Å². The topological polar surface area (TPSA) is 71.1 Å². The number of rotatable bonds is 3. The van der Waals surface area contributed by atoms with Crippen molar-refractivity contribution in [3.63, 3.8) is 0 Å². The van der Waals surface area contributed by atoms with E-state index in [9.17, 15) is 9.59 Å². The molecule has 5 rings (SSSR count). The summed E-state index contributed by atoms with van der Waals surface area (Å²) in [5.41, 5.74) is 3.07. The molecule has 33 heavy (non-hydrogen) atoms. The van der Waals surface area contributed by atoms with Crippen molar-refractivity contribution in [2.45, 2.75) is 65.7 Å². The van der Waals surface area contributed by atoms with E-state index in [2.05, 4.69) is 36.4 Å². The summed E-state index contributed by atoms with van der Waals surface area (Å²) in [5, 5.41) is 6.72. The number of thiocarbonyl (C=S) groups is 1. The van der Waals surface area contributed by atoms with Crippen LogP contribution < -0.4 is 10.6 Å². The molecule has 4 aliphatic rings. The molecule has 6 atom stereocenters. The number of allylic oxidation sites excluding steroid dienone is 2. The van der Waals surface area contributed by atoms with Crippen LogP contribution in [0.25, 0.3) is 0 Å². The number of fused-ring (bicyclic) bond motifs is 5. The molecule has 6 unspecified atom stereocenters. The van der Waals surface area contributed by atoms with Crippen molar-refractivity contribution in [3.05, 3.63) is 41.4 Å². The second-order valence-corrected chi connectivity index (χ2v) is 11.5. The van der Waals surface area contributed by atoms with Gasteiger partial charge in [-0.15, -0.1) is 0 Å². The van der Waals surface area contributed by atoms with Crippen LogP contribution in [-0.2, 0) is 16.0 Å². The van der Waals surface area contributed by atoms with Gasteiger partial charge in [0, 0.05) is 53.5 Å². The van der Waals surface area contributed by atoms with E-state index in [1.165, 1.54) is 0 Å². The van der Waals surface area contributed by atoms with Gasteiger partial charge in [0.25, 0.3) is 0 Å². The largest absolute Gasteiger partial charge is 0.387 e. The molecule has 1 aliphatic heterocycles. The number of ketones is 1. The lowest BCUT2D eigenvalue weighted by atomic mass is 9.50. The first kappa shape index (κ1) is 22.7. The number of carbonyl (C=O) groups excluding carboxylic acids is 2. The first-order valence-corrected chi connectivity index (χ1v) is 13.0. The van der Waals surface area contributed by atoms with Crippen molar-refractivity contribution in [3.8, 4) is 0 Å². The summed E-state index contributed by atoms with van der Waals surface area (Å²) >= 11 is 5.60. The van der Waals surface area contributed by atoms with Crippen molar-refractivity contribution in [2.24, 2.45) is 34.5 Å². The highest BCUT2D eigenvalue weighted by atomic mass is 32.1. The van der Waals surface area contributed by atoms with Gasteiger partial charge in [-0.3, -0.25) is 14.6 Å². The number of hydrogen-bond donors (Lipinski definition) is 2. The standard InChI is InChI=1S/C27H35N3O2S/c1-4-17-13-16(9-12-28-17)25(33)30-24(32)22-6-5-20-19-15-29-23-14-18(31)7-10-27(23,3)21(19)8-11-26(20,22)2/h9,12-14,19-22,29H,4-8,10-11,15H2,1-3H3,(H,30,32,33). The van der Waals surface area contributed by atoms with Crippen LogP contribution in [0.3, 0.4) is 0 Å². The maximum Gasteiger partial charge on any atom is 0.228 e. The summed E-state index contributed by atoms with van der Waals surface area (Å²) in [7, 11) is 0. The maximum absolute atomic E-state index is 13.5. The highest BCUT2D eigenvalue weighted by molar-refractivity contribution is 7.80. The first-order chi connectivity index (χ1) is 15.8. The van der Waals surface area contributed by atoms with Crippen molar-refractivity contribution in [1.29, 1.82) is 0 Å². The van der Waals surface area contributed by atoms with E-state index in [0.717, 1.165) is 62.0 Å². The lowest BCUT2D eigenvalue weighted by molar-refractivity contribution is -0.131. The first-order valence-electron chi connectivity index (χ1n) is 12.6. The summed E-state index contributed by atoms with van der Waals surface area (Å²) in [6, 6.07) is 3.85. The minimum Gasteiger partial charge on any atom is -0.387 e. The smallest absolute Gasteiger partial charge is 0.228 e. The molecule has 2 saturated carbocycles. The van der Waals surface area contributed by atoms with Crippen LogP contribution in [0.15, 0.2) is 30.1 Å². The molecule has 1 amide bonds. The number of hydrogen-bond acceptors (Lipinski definition) is 5. The Balaban J connectivity index is 1.33. The number of aryl methyl sites for hydroxylation is 1. The third-order valence-corrected chi connectivity index (χ3v) is 9.93. The lowest BCUT2D eigenvalue weighted by Gasteiger charge is -2.58. The van der Waals surface area contributed by atoms with Crippen LogP contribution in [0.2, 0.25) is 0 Å². The molecule has 0 aromatic carbocycles. The summed E-state index contributed by atoms with van der Waals surface area (Å²) < 4.78 is 0. The average molecular weight is 466 g/mol. The SMILES string of the molecule is CCc1cc(C(=S)NC(=O)C2CCC3C4CNC5=CC(=O)CCC5(C)C4CCC23C)ccn1.